The second kappa shape index (κ2) is 7.79. The van der Waals surface area contributed by atoms with Gasteiger partial charge in [0.15, 0.2) is 0 Å². The van der Waals surface area contributed by atoms with Gasteiger partial charge in [-0.15, -0.1) is 0 Å². The van der Waals surface area contributed by atoms with Crippen LogP contribution in [0.3, 0.4) is 0 Å². The molecule has 2 N–H and O–H groups in total. The monoisotopic (exact) mass is 412 g/mol. The van der Waals surface area contributed by atoms with Crippen LogP contribution in [0.15, 0.2) is 24.3 Å². The number of aliphatic hydroxyl groups is 1. The van der Waals surface area contributed by atoms with E-state index in [4.69, 9.17) is 5.11 Å². The Labute approximate surface area is 137 Å². The number of carbonyl (C=O) groups excluding carboxylic acids is 1. The molecule has 1 aromatic carbocycles. The van der Waals surface area contributed by atoms with E-state index in [2.05, 4.69) is 37.2 Å². The van der Waals surface area contributed by atoms with Crippen molar-refractivity contribution in [3.63, 3.8) is 0 Å². The van der Waals surface area contributed by atoms with E-state index in [1.54, 1.807) is 0 Å². The van der Waals surface area contributed by atoms with Gasteiger partial charge in [-0.3, -0.25) is 0 Å². The van der Waals surface area contributed by atoms with Gasteiger partial charge in [0.1, 0.15) is 0 Å². The normalized spacial score (nSPS) is 17.5. The second-order valence-electron chi connectivity index (χ2n) is 7.14. The number of aliphatic hydroxyl groups excluding tert-OH is 1. The molecule has 1 saturated heterocycles. The van der Waals surface area contributed by atoms with Crippen molar-refractivity contribution < 1.29 is 9.90 Å². The Morgan fingerprint density at radius 3 is 2.32 bits per heavy atom. The van der Waals surface area contributed by atoms with Crippen LogP contribution in [0.5, 0.6) is 0 Å². The predicted molar refractivity (Wildman–Crippen MR) is 93.4 cm³/mol. The summed E-state index contributed by atoms with van der Waals surface area (Å²) in [5.74, 6) is 0.0382. The summed E-state index contributed by atoms with van der Waals surface area (Å²) < 4.78 is 1.45. The fraction of sp³-hybridized carbons (Fsp3) is 0.588. The maximum absolute atomic E-state index is 12.3. The van der Waals surface area contributed by atoms with Gasteiger partial charge in [0.05, 0.1) is 0 Å². The molecule has 22 heavy (non-hydrogen) atoms. The van der Waals surface area contributed by atoms with Gasteiger partial charge >= 0.3 is 133 Å². The molecule has 2 rings (SSSR count). The van der Waals surface area contributed by atoms with Crippen molar-refractivity contribution >= 4 is 27.9 Å². The minimum absolute atomic E-state index is 0.0382. The van der Waals surface area contributed by atoms with E-state index >= 15 is 0 Å². The third-order valence-electron chi connectivity index (χ3n) is 4.35. The van der Waals surface area contributed by atoms with Gasteiger partial charge in [0.25, 0.3) is 0 Å². The number of rotatable bonds is 5. The maximum atomic E-state index is 12.3. The van der Waals surface area contributed by atoms with E-state index in [1.165, 1.54) is 3.58 Å². The molecule has 0 aromatic heterocycles. The summed E-state index contributed by atoms with van der Waals surface area (Å²) >= 11 is -2.03. The van der Waals surface area contributed by atoms with Crippen LogP contribution >= 0.6 is 0 Å². The molecule has 0 saturated carbocycles. The zero-order valence-electron chi connectivity index (χ0n) is 13.9. The molecule has 1 heterocycles. The number of hydrogen-bond acceptors (Lipinski definition) is 3. The number of piperidine rings is 1. The molecule has 1 aliphatic rings. The number of nitrogens with zero attached hydrogens (tertiary/aromatic N) is 1. The molecule has 1 aliphatic heterocycles. The summed E-state index contributed by atoms with van der Waals surface area (Å²) in [7, 11) is 0. The van der Waals surface area contributed by atoms with Gasteiger partial charge in [-0.2, -0.15) is 0 Å². The van der Waals surface area contributed by atoms with Crippen LogP contribution in [-0.2, 0) is 0 Å². The fourth-order valence-corrected chi connectivity index (χ4v) is 6.16. The van der Waals surface area contributed by atoms with Gasteiger partial charge in [-0.05, 0) is 0 Å². The molecule has 1 fully saturated rings. The molecule has 5 heteroatoms. The molecule has 0 atom stereocenters. The molecule has 0 bridgehead atoms. The van der Waals surface area contributed by atoms with Crippen LogP contribution in [-0.4, -0.2) is 66.6 Å². The van der Waals surface area contributed by atoms with E-state index in [-0.39, 0.29) is 18.6 Å². The zero-order valence-corrected chi connectivity index (χ0v) is 16.8. The van der Waals surface area contributed by atoms with Crippen molar-refractivity contribution in [2.75, 3.05) is 26.2 Å². The van der Waals surface area contributed by atoms with Gasteiger partial charge in [0.2, 0.25) is 0 Å². The third-order valence-corrected chi connectivity index (χ3v) is 10.2. The van der Waals surface area contributed by atoms with Gasteiger partial charge in [0, 0.05) is 0 Å². The average molecular weight is 411 g/mol. The molecule has 0 unspecified atom stereocenters. The van der Waals surface area contributed by atoms with E-state index in [0.29, 0.717) is 0 Å². The van der Waals surface area contributed by atoms with Gasteiger partial charge < -0.3 is 5.11 Å². The van der Waals surface area contributed by atoms with E-state index in [0.717, 1.165) is 38.0 Å². The molecule has 1 amide bonds. The first-order chi connectivity index (χ1) is 10.4. The topological polar surface area (TPSA) is 52.6 Å². The number of likely N-dealkylation sites (tertiary alicyclic amines) is 1. The zero-order chi connectivity index (χ0) is 16.2. The fourth-order valence-electron chi connectivity index (χ4n) is 2.83. The van der Waals surface area contributed by atoms with Crippen molar-refractivity contribution in [2.45, 2.75) is 33.7 Å². The van der Waals surface area contributed by atoms with Crippen molar-refractivity contribution in [3.05, 3.63) is 29.8 Å². The molecule has 122 valence electrons. The van der Waals surface area contributed by atoms with Crippen molar-refractivity contribution in [1.82, 2.24) is 10.2 Å². The Morgan fingerprint density at radius 2 is 1.82 bits per heavy atom. The quantitative estimate of drug-likeness (QED) is 0.721. The molecule has 0 spiro atoms. The summed E-state index contributed by atoms with van der Waals surface area (Å²) in [5.41, 5.74) is 0.761. The molecule has 0 radical (unpaired) electrons. The SMILES string of the molecule is [CH3][Sn]([CH3])([CH3])[c]1ccc(C(=O)NC2CCN(CCO)CC2)cc1. The summed E-state index contributed by atoms with van der Waals surface area (Å²) in [6.45, 7) is 2.84. The van der Waals surface area contributed by atoms with Crippen LogP contribution in [0.25, 0.3) is 0 Å². The van der Waals surface area contributed by atoms with Gasteiger partial charge in [-0.1, -0.05) is 0 Å². The molecule has 0 aliphatic carbocycles. The predicted octanol–water partition coefficient (Wildman–Crippen LogP) is 1.42. The summed E-state index contributed by atoms with van der Waals surface area (Å²) in [6, 6.07) is 8.45. The van der Waals surface area contributed by atoms with Crippen LogP contribution in [0, 0.1) is 0 Å². The van der Waals surface area contributed by atoms with E-state index < -0.39 is 18.4 Å². The van der Waals surface area contributed by atoms with Crippen LogP contribution in [0.2, 0.25) is 14.8 Å². The number of benzene rings is 1. The van der Waals surface area contributed by atoms with Crippen LogP contribution in [0.4, 0.5) is 0 Å². The Morgan fingerprint density at radius 1 is 1.23 bits per heavy atom. The Bertz CT molecular complexity index is 488. The minimum atomic E-state index is -2.03. The average Bonchev–Trinajstić information content (AvgIpc) is 2.49. The van der Waals surface area contributed by atoms with Crippen molar-refractivity contribution in [1.29, 1.82) is 0 Å². The molecular formula is C17H28N2O2Sn. The Kier molecular flexibility index (Phi) is 6.29. The molecular weight excluding hydrogens is 383 g/mol. The number of carbonyl (C=O) groups is 1. The molecule has 4 nitrogen and oxygen atoms in total. The Balaban J connectivity index is 1.88. The molecule has 1 aromatic rings. The third kappa shape index (κ3) is 4.96. The number of nitrogens with one attached hydrogen (secondary N) is 1. The van der Waals surface area contributed by atoms with Gasteiger partial charge in [-0.25, -0.2) is 0 Å². The van der Waals surface area contributed by atoms with Crippen LogP contribution < -0.4 is 8.90 Å². The van der Waals surface area contributed by atoms with E-state index in [1.807, 2.05) is 12.1 Å². The van der Waals surface area contributed by atoms with Crippen LogP contribution in [0.1, 0.15) is 23.2 Å². The number of hydrogen-bond donors (Lipinski definition) is 2. The number of β-amino-alcohol motifs (C(OH)–C–C–N with tert-alkyl or cyclic N) is 1. The van der Waals surface area contributed by atoms with Crippen molar-refractivity contribution in [3.8, 4) is 0 Å². The first-order valence-corrected chi connectivity index (χ1v) is 18.1. The number of amides is 1. The summed E-state index contributed by atoms with van der Waals surface area (Å²) in [4.78, 5) is 21.7. The Hall–Kier alpha value is -0.591. The van der Waals surface area contributed by atoms with E-state index in [9.17, 15) is 4.79 Å². The second-order valence-corrected chi connectivity index (χ2v) is 21.6. The van der Waals surface area contributed by atoms with Crippen molar-refractivity contribution in [2.24, 2.45) is 0 Å². The first-order valence-electron chi connectivity index (χ1n) is 8.15. The summed E-state index contributed by atoms with van der Waals surface area (Å²) in [5, 5.41) is 12.1. The first kappa shape index (κ1) is 17.8. The standard InChI is InChI=1S/C14H19N2O2.3CH3.Sn/c17-11-10-16-8-6-13(7-9-16)15-14(18)12-4-2-1-3-5-12;;;;/h2-5,13,17H,6-11H2,(H,15,18);3*1H3;. The summed E-state index contributed by atoms with van der Waals surface area (Å²) in [6.07, 6.45) is 1.92.